The van der Waals surface area contributed by atoms with Crippen LogP contribution in [0.25, 0.3) is 16.2 Å². The van der Waals surface area contributed by atoms with Gasteiger partial charge in [0.25, 0.3) is 11.6 Å². The van der Waals surface area contributed by atoms with Crippen molar-refractivity contribution in [2.24, 2.45) is 0 Å². The lowest BCUT2D eigenvalue weighted by molar-refractivity contribution is -0.384. The van der Waals surface area contributed by atoms with Crippen molar-refractivity contribution < 1.29 is 14.5 Å². The summed E-state index contributed by atoms with van der Waals surface area (Å²) in [5.74, 6) is 0.346. The molecule has 2 heterocycles. The molecule has 0 spiro atoms. The van der Waals surface area contributed by atoms with Crippen molar-refractivity contribution >= 4 is 33.6 Å². The number of nitro benzene ring substituents is 1. The van der Waals surface area contributed by atoms with Gasteiger partial charge in [-0.1, -0.05) is 18.2 Å². The number of amides is 1. The van der Waals surface area contributed by atoms with Crippen LogP contribution in [0.2, 0.25) is 0 Å². The van der Waals surface area contributed by atoms with Gasteiger partial charge in [0.1, 0.15) is 11.4 Å². The molecule has 2 aromatic heterocycles. The van der Waals surface area contributed by atoms with Crippen LogP contribution in [0, 0.1) is 10.1 Å². The SMILES string of the molecule is COc1cccc(-c2cn3c(C(=O)Nc4cccc([N+](=O)[O-])c4)csc3n2)c1. The first-order valence-electron chi connectivity index (χ1n) is 8.22. The van der Waals surface area contributed by atoms with Crippen LogP contribution in [0.1, 0.15) is 10.5 Å². The summed E-state index contributed by atoms with van der Waals surface area (Å²) >= 11 is 1.34. The number of rotatable bonds is 5. The number of methoxy groups -OCH3 is 1. The van der Waals surface area contributed by atoms with Crippen LogP contribution in [0.3, 0.4) is 0 Å². The fraction of sp³-hybridized carbons (Fsp3) is 0.0526. The first-order valence-corrected chi connectivity index (χ1v) is 9.10. The van der Waals surface area contributed by atoms with E-state index in [-0.39, 0.29) is 11.6 Å². The van der Waals surface area contributed by atoms with Crippen LogP contribution in [0.15, 0.2) is 60.1 Å². The Bertz CT molecular complexity index is 1200. The number of carbonyl (C=O) groups excluding carboxylic acids is 1. The summed E-state index contributed by atoms with van der Waals surface area (Å²) in [6.45, 7) is 0. The van der Waals surface area contributed by atoms with Gasteiger partial charge in [-0.2, -0.15) is 0 Å². The highest BCUT2D eigenvalue weighted by Gasteiger charge is 2.16. The number of nitrogens with zero attached hydrogens (tertiary/aromatic N) is 3. The maximum atomic E-state index is 12.7. The molecule has 8 nitrogen and oxygen atoms in total. The molecule has 1 amide bonds. The number of anilines is 1. The average molecular weight is 394 g/mol. The number of imidazole rings is 1. The van der Waals surface area contributed by atoms with E-state index >= 15 is 0 Å². The van der Waals surface area contributed by atoms with Crippen LogP contribution in [-0.4, -0.2) is 27.3 Å². The third-order valence-corrected chi connectivity index (χ3v) is 4.96. The second kappa shape index (κ2) is 7.12. The fourth-order valence-electron chi connectivity index (χ4n) is 2.76. The van der Waals surface area contributed by atoms with E-state index in [2.05, 4.69) is 10.3 Å². The number of non-ortho nitro benzene ring substituents is 1. The number of nitro groups is 1. The Balaban J connectivity index is 1.64. The molecule has 2 aromatic carbocycles. The molecule has 0 bridgehead atoms. The summed E-state index contributed by atoms with van der Waals surface area (Å²) < 4.78 is 6.94. The van der Waals surface area contributed by atoms with Gasteiger partial charge in [0.15, 0.2) is 4.96 Å². The number of ether oxygens (including phenoxy) is 1. The molecule has 0 aliphatic rings. The number of thiazole rings is 1. The molecule has 28 heavy (non-hydrogen) atoms. The van der Waals surface area contributed by atoms with E-state index in [0.717, 1.165) is 17.0 Å². The van der Waals surface area contributed by atoms with E-state index < -0.39 is 4.92 Å². The highest BCUT2D eigenvalue weighted by Crippen LogP contribution is 2.27. The number of carbonyl (C=O) groups is 1. The Hall–Kier alpha value is -3.72. The van der Waals surface area contributed by atoms with Crippen LogP contribution in [-0.2, 0) is 0 Å². The van der Waals surface area contributed by atoms with E-state index in [9.17, 15) is 14.9 Å². The molecule has 0 fully saturated rings. The molecule has 0 aliphatic carbocycles. The predicted octanol–water partition coefficient (Wildman–Crippen LogP) is 4.23. The van der Waals surface area contributed by atoms with Crippen LogP contribution in [0.5, 0.6) is 5.75 Å². The highest BCUT2D eigenvalue weighted by molar-refractivity contribution is 7.15. The fourth-order valence-corrected chi connectivity index (χ4v) is 3.61. The summed E-state index contributed by atoms with van der Waals surface area (Å²) in [5.41, 5.74) is 2.26. The molecular formula is C19H14N4O4S. The van der Waals surface area contributed by atoms with Gasteiger partial charge >= 0.3 is 0 Å². The van der Waals surface area contributed by atoms with Gasteiger partial charge in [-0.15, -0.1) is 11.3 Å². The molecule has 0 radical (unpaired) electrons. The number of benzene rings is 2. The second-order valence-corrected chi connectivity index (χ2v) is 6.73. The monoisotopic (exact) mass is 394 g/mol. The largest absolute Gasteiger partial charge is 0.497 e. The molecule has 0 aliphatic heterocycles. The number of aromatic nitrogens is 2. The zero-order valence-electron chi connectivity index (χ0n) is 14.7. The highest BCUT2D eigenvalue weighted by atomic mass is 32.1. The number of nitrogens with one attached hydrogen (secondary N) is 1. The summed E-state index contributed by atoms with van der Waals surface area (Å²) in [4.78, 5) is 28.3. The van der Waals surface area contributed by atoms with Gasteiger partial charge in [-0.05, 0) is 18.2 Å². The van der Waals surface area contributed by atoms with Crippen molar-refractivity contribution in [3.63, 3.8) is 0 Å². The Kier molecular flexibility index (Phi) is 4.50. The lowest BCUT2D eigenvalue weighted by atomic mass is 10.1. The van der Waals surface area contributed by atoms with Crippen LogP contribution >= 0.6 is 11.3 Å². The average Bonchev–Trinajstić information content (AvgIpc) is 3.29. The van der Waals surface area contributed by atoms with Crippen molar-refractivity contribution in [1.29, 1.82) is 0 Å². The Morgan fingerprint density at radius 3 is 2.86 bits per heavy atom. The van der Waals surface area contributed by atoms with E-state index in [1.54, 1.807) is 29.2 Å². The van der Waals surface area contributed by atoms with Gasteiger partial charge in [0.2, 0.25) is 0 Å². The lowest BCUT2D eigenvalue weighted by Crippen LogP contribution is -2.13. The first kappa shape index (κ1) is 17.7. The summed E-state index contributed by atoms with van der Waals surface area (Å²) in [6, 6.07) is 13.3. The Labute approximate surface area is 163 Å². The summed E-state index contributed by atoms with van der Waals surface area (Å²) in [6.07, 6.45) is 1.78. The molecular weight excluding hydrogens is 380 g/mol. The van der Waals surface area contributed by atoms with Crippen LogP contribution in [0.4, 0.5) is 11.4 Å². The van der Waals surface area contributed by atoms with Crippen molar-refractivity contribution in [3.05, 3.63) is 75.9 Å². The second-order valence-electron chi connectivity index (χ2n) is 5.89. The molecule has 0 atom stereocenters. The van der Waals surface area contributed by atoms with E-state index in [1.807, 2.05) is 24.3 Å². The zero-order chi connectivity index (χ0) is 19.7. The molecule has 0 saturated heterocycles. The number of hydrogen-bond donors (Lipinski definition) is 1. The molecule has 0 unspecified atom stereocenters. The van der Waals surface area contributed by atoms with Gasteiger partial charge in [-0.25, -0.2) is 4.98 Å². The van der Waals surface area contributed by atoms with Crippen molar-refractivity contribution in [1.82, 2.24) is 9.38 Å². The van der Waals surface area contributed by atoms with Crippen molar-refractivity contribution in [3.8, 4) is 17.0 Å². The van der Waals surface area contributed by atoms with Gasteiger partial charge in [0, 0.05) is 35.0 Å². The first-order chi connectivity index (χ1) is 13.5. The van der Waals surface area contributed by atoms with E-state index in [4.69, 9.17) is 4.74 Å². The minimum Gasteiger partial charge on any atom is -0.497 e. The molecule has 0 saturated carbocycles. The quantitative estimate of drug-likeness (QED) is 0.403. The Morgan fingerprint density at radius 2 is 2.07 bits per heavy atom. The molecule has 1 N–H and O–H groups in total. The van der Waals surface area contributed by atoms with Gasteiger partial charge < -0.3 is 10.1 Å². The standard InChI is InChI=1S/C19H14N4O4S/c1-27-15-7-2-4-12(8-15)16-10-22-17(11-28-19(22)21-16)18(24)20-13-5-3-6-14(9-13)23(25)26/h2-11H,1H3,(H,20,24). The number of hydrogen-bond acceptors (Lipinski definition) is 6. The summed E-state index contributed by atoms with van der Waals surface area (Å²) in [7, 11) is 1.60. The molecule has 140 valence electrons. The van der Waals surface area contributed by atoms with Gasteiger partial charge in [0.05, 0.1) is 17.7 Å². The van der Waals surface area contributed by atoms with E-state index in [0.29, 0.717) is 16.3 Å². The van der Waals surface area contributed by atoms with Crippen molar-refractivity contribution in [2.45, 2.75) is 0 Å². The Morgan fingerprint density at radius 1 is 1.25 bits per heavy atom. The third kappa shape index (κ3) is 3.30. The minimum absolute atomic E-state index is 0.0868. The maximum Gasteiger partial charge on any atom is 0.273 e. The molecule has 4 rings (SSSR count). The van der Waals surface area contributed by atoms with Crippen LogP contribution < -0.4 is 10.1 Å². The molecule has 4 aromatic rings. The van der Waals surface area contributed by atoms with Crippen molar-refractivity contribution in [2.75, 3.05) is 12.4 Å². The third-order valence-electron chi connectivity index (χ3n) is 4.12. The normalized spacial score (nSPS) is 10.8. The van der Waals surface area contributed by atoms with Gasteiger partial charge in [-0.3, -0.25) is 19.3 Å². The predicted molar refractivity (Wildman–Crippen MR) is 106 cm³/mol. The molecule has 9 heteroatoms. The lowest BCUT2D eigenvalue weighted by Gasteiger charge is -2.04. The minimum atomic E-state index is -0.505. The van der Waals surface area contributed by atoms with E-state index in [1.165, 1.54) is 29.5 Å². The summed E-state index contributed by atoms with van der Waals surface area (Å²) in [5, 5.41) is 15.3. The smallest absolute Gasteiger partial charge is 0.273 e. The maximum absolute atomic E-state index is 12.7. The topological polar surface area (TPSA) is 98.8 Å². The zero-order valence-corrected chi connectivity index (χ0v) is 15.5. The number of fused-ring (bicyclic) bond motifs is 1.